The largest absolute Gasteiger partial charge is 0.507 e. The van der Waals surface area contributed by atoms with Gasteiger partial charge in [-0.15, -0.1) is 0 Å². The van der Waals surface area contributed by atoms with Gasteiger partial charge in [0.1, 0.15) is 5.75 Å². The van der Waals surface area contributed by atoms with Crippen LogP contribution in [0, 0.1) is 6.92 Å². The predicted molar refractivity (Wildman–Crippen MR) is 105 cm³/mol. The summed E-state index contributed by atoms with van der Waals surface area (Å²) < 4.78 is 0. The van der Waals surface area contributed by atoms with E-state index in [1.807, 2.05) is 0 Å². The van der Waals surface area contributed by atoms with Crippen molar-refractivity contribution in [3.05, 3.63) is 59.2 Å². The first-order valence-corrected chi connectivity index (χ1v) is 9.10. The van der Waals surface area contributed by atoms with Gasteiger partial charge < -0.3 is 15.3 Å². The van der Waals surface area contributed by atoms with Gasteiger partial charge in [0, 0.05) is 45.3 Å². The van der Waals surface area contributed by atoms with E-state index in [-0.39, 0.29) is 23.1 Å². The Morgan fingerprint density at radius 2 is 1.81 bits per heavy atom. The zero-order valence-corrected chi connectivity index (χ0v) is 15.7. The van der Waals surface area contributed by atoms with Crippen LogP contribution in [0.5, 0.6) is 5.75 Å². The summed E-state index contributed by atoms with van der Waals surface area (Å²) in [5.41, 5.74) is 3.24. The molecule has 0 atom stereocenters. The molecule has 1 aliphatic heterocycles. The Morgan fingerprint density at radius 1 is 1.07 bits per heavy atom. The van der Waals surface area contributed by atoms with Crippen molar-refractivity contribution < 1.29 is 14.7 Å². The highest BCUT2D eigenvalue weighted by Crippen LogP contribution is 2.24. The number of phenolic OH excluding ortho intramolecular Hbond substituents is 1. The van der Waals surface area contributed by atoms with Crippen molar-refractivity contribution in [1.29, 1.82) is 0 Å². The highest BCUT2D eigenvalue weighted by atomic mass is 16.3. The molecular formula is C21H25N3O3. The Balaban J connectivity index is 1.62. The maximum Gasteiger partial charge on any atom is 0.257 e. The quantitative estimate of drug-likeness (QED) is 0.815. The van der Waals surface area contributed by atoms with Crippen molar-refractivity contribution in [2.24, 2.45) is 0 Å². The number of piperazine rings is 1. The predicted octanol–water partition coefficient (Wildman–Crippen LogP) is 2.62. The number of carbonyl (C=O) groups excluding carboxylic acids is 2. The highest BCUT2D eigenvalue weighted by molar-refractivity contribution is 5.99. The molecule has 0 radical (unpaired) electrons. The van der Waals surface area contributed by atoms with Crippen LogP contribution in [0.4, 0.5) is 5.69 Å². The first-order chi connectivity index (χ1) is 12.9. The number of benzene rings is 2. The minimum atomic E-state index is -0.219. The molecule has 3 rings (SSSR count). The Labute approximate surface area is 159 Å². The topological polar surface area (TPSA) is 72.9 Å². The molecule has 0 bridgehead atoms. The van der Waals surface area contributed by atoms with Crippen molar-refractivity contribution in [3.63, 3.8) is 0 Å². The third kappa shape index (κ3) is 4.86. The maximum atomic E-state index is 12.8. The van der Waals surface area contributed by atoms with Crippen LogP contribution in [-0.2, 0) is 11.3 Å². The third-order valence-electron chi connectivity index (χ3n) is 4.70. The normalized spacial score (nSPS) is 14.8. The molecule has 0 aromatic heterocycles. The lowest BCUT2D eigenvalue weighted by Gasteiger charge is -2.35. The van der Waals surface area contributed by atoms with Gasteiger partial charge in [0.25, 0.3) is 5.91 Å². The average molecular weight is 367 g/mol. The molecule has 2 aromatic carbocycles. The van der Waals surface area contributed by atoms with Crippen LogP contribution in [0.15, 0.2) is 42.5 Å². The third-order valence-corrected chi connectivity index (χ3v) is 4.70. The number of hydrogen-bond acceptors (Lipinski definition) is 4. The first-order valence-electron chi connectivity index (χ1n) is 9.10. The van der Waals surface area contributed by atoms with Gasteiger partial charge >= 0.3 is 0 Å². The second-order valence-electron chi connectivity index (χ2n) is 6.97. The summed E-state index contributed by atoms with van der Waals surface area (Å²) in [4.78, 5) is 28.1. The van der Waals surface area contributed by atoms with Crippen molar-refractivity contribution in [1.82, 2.24) is 9.80 Å². The van der Waals surface area contributed by atoms with Crippen molar-refractivity contribution in [3.8, 4) is 5.75 Å². The zero-order valence-electron chi connectivity index (χ0n) is 15.7. The van der Waals surface area contributed by atoms with Gasteiger partial charge in [0.15, 0.2) is 0 Å². The molecule has 1 fully saturated rings. The Kier molecular flexibility index (Phi) is 5.76. The van der Waals surface area contributed by atoms with Gasteiger partial charge in [-0.2, -0.15) is 0 Å². The standard InChI is InChI=1S/C21H25N3O3/c1-15-4-3-5-17(12-15)14-23-8-10-24(11-9-23)21(27)19-13-18(22-16(2)25)6-7-20(19)26/h3-7,12-13,26H,8-11,14H2,1-2H3,(H,22,25). The minimum Gasteiger partial charge on any atom is -0.507 e. The summed E-state index contributed by atoms with van der Waals surface area (Å²) in [6.07, 6.45) is 0. The fraction of sp³-hybridized carbons (Fsp3) is 0.333. The molecular weight excluding hydrogens is 342 g/mol. The molecule has 0 aliphatic carbocycles. The van der Waals surface area contributed by atoms with Gasteiger partial charge in [-0.1, -0.05) is 29.8 Å². The Morgan fingerprint density at radius 3 is 2.48 bits per heavy atom. The lowest BCUT2D eigenvalue weighted by Crippen LogP contribution is -2.48. The molecule has 27 heavy (non-hydrogen) atoms. The number of phenols is 1. The molecule has 1 aliphatic rings. The van der Waals surface area contributed by atoms with E-state index >= 15 is 0 Å². The summed E-state index contributed by atoms with van der Waals surface area (Å²) in [5, 5.41) is 12.7. The molecule has 0 saturated carbocycles. The number of hydrogen-bond donors (Lipinski definition) is 2. The van der Waals surface area contributed by atoms with Crippen LogP contribution in [-0.4, -0.2) is 52.9 Å². The summed E-state index contributed by atoms with van der Waals surface area (Å²) >= 11 is 0. The summed E-state index contributed by atoms with van der Waals surface area (Å²) in [5.74, 6) is -0.505. The van der Waals surface area contributed by atoms with E-state index in [9.17, 15) is 14.7 Å². The Bertz CT molecular complexity index is 842. The van der Waals surface area contributed by atoms with E-state index in [0.29, 0.717) is 18.8 Å². The minimum absolute atomic E-state index is 0.0729. The van der Waals surface area contributed by atoms with Gasteiger partial charge in [-0.05, 0) is 30.7 Å². The number of anilines is 1. The molecule has 0 unspecified atom stereocenters. The second-order valence-corrected chi connectivity index (χ2v) is 6.97. The highest BCUT2D eigenvalue weighted by Gasteiger charge is 2.24. The number of amides is 2. The molecule has 1 heterocycles. The summed E-state index contributed by atoms with van der Waals surface area (Å²) in [7, 11) is 0. The number of nitrogens with zero attached hydrogens (tertiary/aromatic N) is 2. The second kappa shape index (κ2) is 8.22. The van der Waals surface area contributed by atoms with Gasteiger partial charge in [0.05, 0.1) is 5.56 Å². The summed E-state index contributed by atoms with van der Waals surface area (Å²) in [6, 6.07) is 13.0. The number of rotatable bonds is 4. The lowest BCUT2D eigenvalue weighted by atomic mass is 10.1. The zero-order chi connectivity index (χ0) is 19.4. The van der Waals surface area contributed by atoms with E-state index in [2.05, 4.69) is 41.4 Å². The smallest absolute Gasteiger partial charge is 0.257 e. The number of aromatic hydroxyl groups is 1. The van der Waals surface area contributed by atoms with Crippen LogP contribution >= 0.6 is 0 Å². The van der Waals surface area contributed by atoms with E-state index < -0.39 is 0 Å². The van der Waals surface area contributed by atoms with E-state index in [1.165, 1.54) is 30.2 Å². The fourth-order valence-electron chi connectivity index (χ4n) is 3.34. The molecule has 0 spiro atoms. The van der Waals surface area contributed by atoms with E-state index in [1.54, 1.807) is 11.0 Å². The van der Waals surface area contributed by atoms with E-state index in [0.717, 1.165) is 19.6 Å². The van der Waals surface area contributed by atoms with Crippen LogP contribution in [0.1, 0.15) is 28.4 Å². The molecule has 2 N–H and O–H groups in total. The average Bonchev–Trinajstić information content (AvgIpc) is 2.63. The Hall–Kier alpha value is -2.86. The van der Waals surface area contributed by atoms with Crippen LogP contribution in [0.25, 0.3) is 0 Å². The molecule has 6 nitrogen and oxygen atoms in total. The van der Waals surface area contributed by atoms with Crippen molar-refractivity contribution in [2.45, 2.75) is 20.4 Å². The van der Waals surface area contributed by atoms with Crippen LogP contribution in [0.2, 0.25) is 0 Å². The van der Waals surface area contributed by atoms with Gasteiger partial charge in [0.2, 0.25) is 5.91 Å². The fourth-order valence-corrected chi connectivity index (χ4v) is 3.34. The molecule has 1 saturated heterocycles. The molecule has 6 heteroatoms. The van der Waals surface area contributed by atoms with Crippen LogP contribution in [0.3, 0.4) is 0 Å². The number of aryl methyl sites for hydroxylation is 1. The lowest BCUT2D eigenvalue weighted by molar-refractivity contribution is -0.114. The summed E-state index contributed by atoms with van der Waals surface area (Å²) in [6.45, 7) is 7.14. The van der Waals surface area contributed by atoms with Crippen molar-refractivity contribution in [2.75, 3.05) is 31.5 Å². The van der Waals surface area contributed by atoms with E-state index in [4.69, 9.17) is 0 Å². The number of carbonyl (C=O) groups is 2. The SMILES string of the molecule is CC(=O)Nc1ccc(O)c(C(=O)N2CCN(Cc3cccc(C)c3)CC2)c1. The molecule has 142 valence electrons. The number of nitrogens with one attached hydrogen (secondary N) is 1. The molecule has 2 amide bonds. The van der Waals surface area contributed by atoms with Gasteiger partial charge in [-0.3, -0.25) is 14.5 Å². The molecule has 2 aromatic rings. The van der Waals surface area contributed by atoms with Crippen molar-refractivity contribution >= 4 is 17.5 Å². The maximum absolute atomic E-state index is 12.8. The monoisotopic (exact) mass is 367 g/mol. The van der Waals surface area contributed by atoms with Crippen LogP contribution < -0.4 is 5.32 Å². The first kappa shape index (κ1) is 18.9. The van der Waals surface area contributed by atoms with Gasteiger partial charge in [-0.25, -0.2) is 0 Å².